The predicted molar refractivity (Wildman–Crippen MR) is 47.8 cm³/mol. The molecule has 1 heterocycles. The van der Waals surface area contributed by atoms with E-state index in [9.17, 15) is 0 Å². The fourth-order valence-corrected chi connectivity index (χ4v) is 1.24. The third-order valence-corrected chi connectivity index (χ3v) is 2.24. The summed E-state index contributed by atoms with van der Waals surface area (Å²) < 4.78 is 5.93. The maximum Gasteiger partial charge on any atom is 0.137 e. The molecule has 0 saturated carbocycles. The van der Waals surface area contributed by atoms with Crippen LogP contribution in [0.4, 0.5) is 0 Å². The van der Waals surface area contributed by atoms with Gasteiger partial charge in [0.05, 0.1) is 9.26 Å². The molecule has 0 aliphatic heterocycles. The van der Waals surface area contributed by atoms with Crippen LogP contribution >= 0.6 is 22.6 Å². The van der Waals surface area contributed by atoms with Crippen LogP contribution < -0.4 is 0 Å². The molecule has 0 N–H and O–H groups in total. The average Bonchev–Trinajstić information content (AvgIpc) is 2.31. The van der Waals surface area contributed by atoms with E-state index in [1.807, 2.05) is 0 Å². The second-order valence-corrected chi connectivity index (χ2v) is 3.37. The maximum absolute atomic E-state index is 4.78. The molecule has 0 amide bonds. The summed E-state index contributed by atoms with van der Waals surface area (Å²) in [4.78, 5) is 0. The van der Waals surface area contributed by atoms with E-state index in [0.717, 1.165) is 15.7 Å². The Hall–Kier alpha value is -0.0600. The van der Waals surface area contributed by atoms with Gasteiger partial charge in [0.25, 0.3) is 0 Å². The molecule has 0 atom stereocenters. The van der Waals surface area contributed by atoms with Crippen molar-refractivity contribution in [2.75, 3.05) is 0 Å². The first-order valence-corrected chi connectivity index (χ1v) is 4.51. The molecule has 0 spiro atoms. The number of hydrogen-bond acceptors (Lipinski definition) is 2. The van der Waals surface area contributed by atoms with Crippen LogP contribution in [-0.2, 0) is 6.42 Å². The van der Waals surface area contributed by atoms with Gasteiger partial charge < -0.3 is 4.52 Å². The van der Waals surface area contributed by atoms with Gasteiger partial charge in [-0.1, -0.05) is 18.5 Å². The summed E-state index contributed by atoms with van der Waals surface area (Å²) in [6.45, 7) is 2.17. The van der Waals surface area contributed by atoms with Crippen LogP contribution in [0.5, 0.6) is 0 Å². The molecule has 1 aromatic rings. The molecule has 0 aliphatic rings. The second kappa shape index (κ2) is 3.95. The molecule has 0 aliphatic carbocycles. The number of nitrogens with zero attached hydrogens (tertiary/aromatic N) is 1. The van der Waals surface area contributed by atoms with Gasteiger partial charge in [-0.3, -0.25) is 0 Å². The van der Waals surface area contributed by atoms with Gasteiger partial charge >= 0.3 is 0 Å². The molecule has 1 rings (SSSR count). The minimum atomic E-state index is 1.05. The number of unbranched alkanes of at least 4 members (excludes halogenated alkanes) is 1. The fourth-order valence-electron chi connectivity index (χ4n) is 0.757. The molecule has 0 aromatic carbocycles. The maximum atomic E-state index is 4.78. The highest BCUT2D eigenvalue weighted by Crippen LogP contribution is 2.11. The number of aryl methyl sites for hydroxylation is 1. The lowest BCUT2D eigenvalue weighted by atomic mass is 10.2. The van der Waals surface area contributed by atoms with Gasteiger partial charge in [0.1, 0.15) is 6.26 Å². The van der Waals surface area contributed by atoms with Gasteiger partial charge in [-0.2, -0.15) is 0 Å². The summed E-state index contributed by atoms with van der Waals surface area (Å²) in [5.41, 5.74) is 1.10. The summed E-state index contributed by atoms with van der Waals surface area (Å²) in [6, 6.07) is 0. The first kappa shape index (κ1) is 8.04. The molecule has 56 valence electrons. The minimum Gasteiger partial charge on any atom is -0.363 e. The Bertz CT molecular complexity index is 197. The summed E-state index contributed by atoms with van der Waals surface area (Å²) >= 11 is 2.24. The van der Waals surface area contributed by atoms with Crippen molar-refractivity contribution < 1.29 is 4.52 Å². The monoisotopic (exact) mass is 251 g/mol. The van der Waals surface area contributed by atoms with E-state index in [0.29, 0.717) is 0 Å². The third-order valence-electron chi connectivity index (χ3n) is 1.36. The zero-order chi connectivity index (χ0) is 7.40. The Morgan fingerprint density at radius 2 is 2.50 bits per heavy atom. The van der Waals surface area contributed by atoms with Crippen molar-refractivity contribution in [3.63, 3.8) is 0 Å². The van der Waals surface area contributed by atoms with Crippen molar-refractivity contribution in [2.45, 2.75) is 26.2 Å². The molecule has 0 fully saturated rings. The van der Waals surface area contributed by atoms with E-state index in [1.165, 1.54) is 12.8 Å². The van der Waals surface area contributed by atoms with Crippen molar-refractivity contribution in [3.05, 3.63) is 15.5 Å². The number of rotatable bonds is 3. The summed E-state index contributed by atoms with van der Waals surface area (Å²) in [7, 11) is 0. The highest BCUT2D eigenvalue weighted by Gasteiger charge is 2.01. The van der Waals surface area contributed by atoms with Gasteiger partial charge in [-0.25, -0.2) is 0 Å². The van der Waals surface area contributed by atoms with Crippen molar-refractivity contribution >= 4 is 22.6 Å². The Labute approximate surface area is 74.1 Å². The predicted octanol–water partition coefficient (Wildman–Crippen LogP) is 2.62. The molecule has 2 nitrogen and oxygen atoms in total. The van der Waals surface area contributed by atoms with Gasteiger partial charge in [0.15, 0.2) is 0 Å². The first-order valence-electron chi connectivity index (χ1n) is 3.43. The smallest absolute Gasteiger partial charge is 0.137 e. The van der Waals surface area contributed by atoms with E-state index >= 15 is 0 Å². The van der Waals surface area contributed by atoms with Crippen LogP contribution in [0.25, 0.3) is 0 Å². The highest BCUT2D eigenvalue weighted by atomic mass is 127. The molecule has 3 heteroatoms. The summed E-state index contributed by atoms with van der Waals surface area (Å²) in [5.74, 6) is 0. The lowest BCUT2D eigenvalue weighted by Gasteiger charge is -1.90. The van der Waals surface area contributed by atoms with Gasteiger partial charge in [0, 0.05) is 0 Å². The SMILES string of the molecule is CCCCc1nocc1I. The third kappa shape index (κ3) is 1.97. The molecule has 0 unspecified atom stereocenters. The standard InChI is InChI=1S/C7H10INO/c1-2-3-4-7-6(8)5-10-9-7/h5H,2-4H2,1H3. The van der Waals surface area contributed by atoms with Crippen LogP contribution in [0.15, 0.2) is 10.8 Å². The van der Waals surface area contributed by atoms with Crippen molar-refractivity contribution in [1.29, 1.82) is 0 Å². The molecule has 0 saturated heterocycles. The molecule has 10 heavy (non-hydrogen) atoms. The van der Waals surface area contributed by atoms with E-state index in [4.69, 9.17) is 4.52 Å². The first-order chi connectivity index (χ1) is 4.84. The molecule has 0 radical (unpaired) electrons. The average molecular weight is 251 g/mol. The van der Waals surface area contributed by atoms with E-state index in [1.54, 1.807) is 6.26 Å². The van der Waals surface area contributed by atoms with E-state index in [2.05, 4.69) is 34.7 Å². The van der Waals surface area contributed by atoms with Crippen LogP contribution in [0.2, 0.25) is 0 Å². The molecular weight excluding hydrogens is 241 g/mol. The highest BCUT2D eigenvalue weighted by molar-refractivity contribution is 14.1. The normalized spacial score (nSPS) is 10.2. The minimum absolute atomic E-state index is 1.05. The zero-order valence-corrected chi connectivity index (χ0v) is 8.09. The van der Waals surface area contributed by atoms with E-state index in [-0.39, 0.29) is 0 Å². The number of hydrogen-bond donors (Lipinski definition) is 0. The summed E-state index contributed by atoms with van der Waals surface area (Å²) in [6.07, 6.45) is 5.14. The van der Waals surface area contributed by atoms with Crippen molar-refractivity contribution in [2.24, 2.45) is 0 Å². The Kier molecular flexibility index (Phi) is 3.18. The lowest BCUT2D eigenvalue weighted by molar-refractivity contribution is 0.410. The Morgan fingerprint density at radius 1 is 1.70 bits per heavy atom. The topological polar surface area (TPSA) is 26.0 Å². The van der Waals surface area contributed by atoms with Crippen molar-refractivity contribution in [3.8, 4) is 0 Å². The molecular formula is C7H10INO. The Balaban J connectivity index is 2.49. The number of aromatic nitrogens is 1. The van der Waals surface area contributed by atoms with E-state index < -0.39 is 0 Å². The van der Waals surface area contributed by atoms with Gasteiger partial charge in [0.2, 0.25) is 0 Å². The molecule has 1 aromatic heterocycles. The van der Waals surface area contributed by atoms with Crippen LogP contribution in [0, 0.1) is 3.57 Å². The number of halogens is 1. The van der Waals surface area contributed by atoms with Gasteiger partial charge in [-0.05, 0) is 35.4 Å². The lowest BCUT2D eigenvalue weighted by Crippen LogP contribution is -1.86. The van der Waals surface area contributed by atoms with Crippen LogP contribution in [-0.4, -0.2) is 5.16 Å². The van der Waals surface area contributed by atoms with Crippen LogP contribution in [0.1, 0.15) is 25.5 Å². The Morgan fingerprint density at radius 3 is 3.00 bits per heavy atom. The largest absolute Gasteiger partial charge is 0.363 e. The quantitative estimate of drug-likeness (QED) is 0.772. The summed E-state index contributed by atoms with van der Waals surface area (Å²) in [5, 5.41) is 3.87. The van der Waals surface area contributed by atoms with Crippen molar-refractivity contribution in [1.82, 2.24) is 5.16 Å². The second-order valence-electron chi connectivity index (χ2n) is 2.21. The van der Waals surface area contributed by atoms with Gasteiger partial charge in [-0.15, -0.1) is 0 Å². The van der Waals surface area contributed by atoms with Crippen LogP contribution in [0.3, 0.4) is 0 Å². The molecule has 0 bridgehead atoms. The zero-order valence-electron chi connectivity index (χ0n) is 5.93. The fraction of sp³-hybridized carbons (Fsp3) is 0.571.